The topological polar surface area (TPSA) is 57.5 Å². The molecule has 2 N–H and O–H groups in total. The van der Waals surface area contributed by atoms with Crippen molar-refractivity contribution in [1.82, 2.24) is 0 Å². The van der Waals surface area contributed by atoms with Crippen LogP contribution in [0.5, 0.6) is 0 Å². The monoisotopic (exact) mass is 220 g/mol. The van der Waals surface area contributed by atoms with E-state index >= 15 is 0 Å². The molecule has 1 saturated carbocycles. The molecule has 4 heteroatoms. The maximum Gasteiger partial charge on any atom is 0.228 e. The molecule has 1 fully saturated rings. The highest BCUT2D eigenvalue weighted by Crippen LogP contribution is 2.49. The van der Waals surface area contributed by atoms with Gasteiger partial charge in [-0.25, -0.2) is 0 Å². The number of hydrogen-bond donors (Lipinski definition) is 2. The van der Waals surface area contributed by atoms with Gasteiger partial charge in [-0.15, -0.1) is 0 Å². The zero-order valence-electron chi connectivity index (χ0n) is 8.85. The normalized spacial score (nSPS) is 25.6. The summed E-state index contributed by atoms with van der Waals surface area (Å²) in [7, 11) is -3.30. The van der Waals surface area contributed by atoms with Crippen LogP contribution in [0.3, 0.4) is 0 Å². The first-order chi connectivity index (χ1) is 6.56. The summed E-state index contributed by atoms with van der Waals surface area (Å²) < 4.78 is 11.7. The van der Waals surface area contributed by atoms with Crippen molar-refractivity contribution in [1.29, 1.82) is 0 Å². The highest BCUT2D eigenvalue weighted by molar-refractivity contribution is 7.58. The van der Waals surface area contributed by atoms with Crippen molar-refractivity contribution >= 4 is 7.37 Å². The van der Waals surface area contributed by atoms with Crippen LogP contribution in [0.15, 0.2) is 0 Å². The third-order valence-corrected chi connectivity index (χ3v) is 5.41. The Morgan fingerprint density at radius 1 is 1.36 bits per heavy atom. The standard InChI is InChI=1S/C10H21O3P/c1-2-10(11)14(12,13)8-9-6-4-3-5-7-9/h9-11H,2-8H2,1H3,(H,12,13). The molecule has 0 amide bonds. The first kappa shape index (κ1) is 12.2. The van der Waals surface area contributed by atoms with Crippen LogP contribution in [0.2, 0.25) is 0 Å². The lowest BCUT2D eigenvalue weighted by atomic mass is 9.91. The van der Waals surface area contributed by atoms with Crippen LogP contribution in [0.25, 0.3) is 0 Å². The van der Waals surface area contributed by atoms with Crippen LogP contribution in [0.1, 0.15) is 45.4 Å². The van der Waals surface area contributed by atoms with E-state index in [0.29, 0.717) is 18.5 Å². The Morgan fingerprint density at radius 3 is 2.43 bits per heavy atom. The minimum absolute atomic E-state index is 0.321. The molecule has 0 aromatic carbocycles. The van der Waals surface area contributed by atoms with Crippen LogP contribution < -0.4 is 0 Å². The molecule has 0 aromatic heterocycles. The zero-order chi connectivity index (χ0) is 10.6. The Hall–Kier alpha value is 0.150. The van der Waals surface area contributed by atoms with Crippen molar-refractivity contribution in [3.63, 3.8) is 0 Å². The van der Waals surface area contributed by atoms with E-state index < -0.39 is 13.2 Å². The maximum atomic E-state index is 11.7. The summed E-state index contributed by atoms with van der Waals surface area (Å²) in [6, 6.07) is 0. The fraction of sp³-hybridized carbons (Fsp3) is 1.00. The second-order valence-corrected chi connectivity index (χ2v) is 6.80. The average molecular weight is 220 g/mol. The lowest BCUT2D eigenvalue weighted by molar-refractivity contribution is 0.222. The highest BCUT2D eigenvalue weighted by Gasteiger charge is 2.31. The molecule has 14 heavy (non-hydrogen) atoms. The first-order valence-electron chi connectivity index (χ1n) is 5.56. The molecule has 84 valence electrons. The Morgan fingerprint density at radius 2 is 1.93 bits per heavy atom. The van der Waals surface area contributed by atoms with Crippen LogP contribution >= 0.6 is 7.37 Å². The van der Waals surface area contributed by atoms with Gasteiger partial charge in [0, 0.05) is 6.16 Å². The van der Waals surface area contributed by atoms with Gasteiger partial charge in [0.2, 0.25) is 7.37 Å². The largest absolute Gasteiger partial charge is 0.383 e. The molecule has 0 spiro atoms. The second kappa shape index (κ2) is 5.29. The van der Waals surface area contributed by atoms with Crippen molar-refractivity contribution in [2.45, 2.75) is 51.3 Å². The summed E-state index contributed by atoms with van der Waals surface area (Å²) in [6.45, 7) is 1.74. The molecular weight excluding hydrogens is 199 g/mol. The van der Waals surface area contributed by atoms with E-state index in [1.165, 1.54) is 19.3 Å². The van der Waals surface area contributed by atoms with E-state index in [1.54, 1.807) is 6.92 Å². The van der Waals surface area contributed by atoms with Crippen molar-refractivity contribution in [3.8, 4) is 0 Å². The Labute approximate surface area is 86.0 Å². The van der Waals surface area contributed by atoms with Crippen LogP contribution in [-0.4, -0.2) is 22.0 Å². The van der Waals surface area contributed by atoms with Gasteiger partial charge in [0.15, 0.2) is 0 Å². The van der Waals surface area contributed by atoms with Crippen molar-refractivity contribution < 1.29 is 14.6 Å². The van der Waals surface area contributed by atoms with E-state index in [2.05, 4.69) is 0 Å². The Kier molecular flexibility index (Phi) is 4.62. The molecule has 1 aliphatic carbocycles. The molecule has 0 radical (unpaired) electrons. The second-order valence-electron chi connectivity index (χ2n) is 4.33. The summed E-state index contributed by atoms with van der Waals surface area (Å²) in [6.07, 6.45) is 6.41. The van der Waals surface area contributed by atoms with Gasteiger partial charge in [0.1, 0.15) is 5.85 Å². The fourth-order valence-corrected chi connectivity index (χ4v) is 4.07. The number of rotatable bonds is 4. The van der Waals surface area contributed by atoms with Gasteiger partial charge in [-0.1, -0.05) is 26.2 Å². The molecule has 2 atom stereocenters. The maximum absolute atomic E-state index is 11.7. The van der Waals surface area contributed by atoms with Crippen LogP contribution in [0, 0.1) is 5.92 Å². The third kappa shape index (κ3) is 3.38. The molecule has 3 nitrogen and oxygen atoms in total. The average Bonchev–Trinajstić information content (AvgIpc) is 2.17. The van der Waals surface area contributed by atoms with E-state index in [-0.39, 0.29) is 0 Å². The van der Waals surface area contributed by atoms with Gasteiger partial charge < -0.3 is 10.00 Å². The Bertz CT molecular complexity index is 211. The summed E-state index contributed by atoms with van der Waals surface area (Å²) >= 11 is 0. The number of hydrogen-bond acceptors (Lipinski definition) is 2. The van der Waals surface area contributed by atoms with E-state index in [9.17, 15) is 14.6 Å². The predicted octanol–water partition coefficient (Wildman–Crippen LogP) is 2.57. The molecule has 2 unspecified atom stereocenters. The van der Waals surface area contributed by atoms with Gasteiger partial charge in [-0.3, -0.25) is 4.57 Å². The van der Waals surface area contributed by atoms with Gasteiger partial charge in [-0.2, -0.15) is 0 Å². The Balaban J connectivity index is 2.44. The molecule has 0 bridgehead atoms. The SMILES string of the molecule is CCC(O)P(=O)(O)CC1CCCCC1. The zero-order valence-corrected chi connectivity index (χ0v) is 9.75. The molecule has 0 heterocycles. The summed E-state index contributed by atoms with van der Waals surface area (Å²) in [4.78, 5) is 9.64. The lowest BCUT2D eigenvalue weighted by Crippen LogP contribution is -2.16. The minimum atomic E-state index is -3.30. The fourth-order valence-electron chi connectivity index (χ4n) is 2.15. The molecule has 1 rings (SSSR count). The predicted molar refractivity (Wildman–Crippen MR) is 57.6 cm³/mol. The number of aliphatic hydroxyl groups is 1. The van der Waals surface area contributed by atoms with Crippen LogP contribution in [0.4, 0.5) is 0 Å². The molecule has 0 saturated heterocycles. The van der Waals surface area contributed by atoms with Crippen molar-refractivity contribution in [3.05, 3.63) is 0 Å². The van der Waals surface area contributed by atoms with Crippen molar-refractivity contribution in [2.75, 3.05) is 6.16 Å². The van der Waals surface area contributed by atoms with Crippen LogP contribution in [-0.2, 0) is 4.57 Å². The summed E-state index contributed by atoms with van der Waals surface area (Å²) in [5.74, 6) is -0.648. The van der Waals surface area contributed by atoms with Gasteiger partial charge in [0.25, 0.3) is 0 Å². The quantitative estimate of drug-likeness (QED) is 0.716. The van der Waals surface area contributed by atoms with E-state index in [0.717, 1.165) is 12.8 Å². The van der Waals surface area contributed by atoms with E-state index in [4.69, 9.17) is 0 Å². The van der Waals surface area contributed by atoms with Crippen molar-refractivity contribution in [2.24, 2.45) is 5.92 Å². The molecular formula is C10H21O3P. The summed E-state index contributed by atoms with van der Waals surface area (Å²) in [5, 5.41) is 9.40. The minimum Gasteiger partial charge on any atom is -0.383 e. The first-order valence-corrected chi connectivity index (χ1v) is 7.47. The van der Waals surface area contributed by atoms with Gasteiger partial charge >= 0.3 is 0 Å². The third-order valence-electron chi connectivity index (χ3n) is 3.08. The molecule has 0 aliphatic heterocycles. The summed E-state index contributed by atoms with van der Waals surface area (Å²) in [5.41, 5.74) is 0. The molecule has 1 aliphatic rings. The smallest absolute Gasteiger partial charge is 0.228 e. The van der Waals surface area contributed by atoms with E-state index in [1.807, 2.05) is 0 Å². The van der Waals surface area contributed by atoms with Gasteiger partial charge in [-0.05, 0) is 25.2 Å². The molecule has 0 aromatic rings. The highest BCUT2D eigenvalue weighted by atomic mass is 31.2. The lowest BCUT2D eigenvalue weighted by Gasteiger charge is -2.25. The van der Waals surface area contributed by atoms with Gasteiger partial charge in [0.05, 0.1) is 0 Å². The number of aliphatic hydroxyl groups excluding tert-OH is 1.